The van der Waals surface area contributed by atoms with Gasteiger partial charge in [0.25, 0.3) is 0 Å². The van der Waals surface area contributed by atoms with Crippen molar-refractivity contribution in [1.29, 1.82) is 0 Å². The van der Waals surface area contributed by atoms with Crippen LogP contribution in [0.3, 0.4) is 0 Å². The van der Waals surface area contributed by atoms with E-state index in [-0.39, 0.29) is 0 Å². The average molecular weight is 379 g/mol. The molecule has 2 rings (SSSR count). The van der Waals surface area contributed by atoms with Crippen molar-refractivity contribution in [1.82, 2.24) is 10.2 Å². The van der Waals surface area contributed by atoms with Crippen LogP contribution in [-0.2, 0) is 13.0 Å². The van der Waals surface area contributed by atoms with Gasteiger partial charge in [-0.15, -0.1) is 0 Å². The van der Waals surface area contributed by atoms with Crippen molar-refractivity contribution in [3.63, 3.8) is 0 Å². The molecule has 0 aromatic heterocycles. The van der Waals surface area contributed by atoms with Gasteiger partial charge in [-0.1, -0.05) is 29.8 Å². The zero-order valence-corrected chi connectivity index (χ0v) is 16.3. The fraction of sp³-hybridized carbons (Fsp3) is 0.316. The molecule has 0 aliphatic carbocycles. The van der Waals surface area contributed by atoms with Crippen molar-refractivity contribution in [2.45, 2.75) is 13.0 Å². The molecule has 6 heteroatoms. The molecule has 0 fully saturated rings. The Labute approximate surface area is 159 Å². The number of ether oxygens (including phenoxy) is 2. The highest BCUT2D eigenvalue weighted by Crippen LogP contribution is 2.27. The molecule has 0 saturated heterocycles. The maximum absolute atomic E-state index is 5.90. The van der Waals surface area contributed by atoms with Gasteiger partial charge in [0.1, 0.15) is 0 Å². The predicted octanol–water partition coefficient (Wildman–Crippen LogP) is 3.91. The Morgan fingerprint density at radius 2 is 1.68 bits per heavy atom. The van der Waals surface area contributed by atoms with Crippen molar-refractivity contribution in [3.05, 3.63) is 58.6 Å². The summed E-state index contributed by atoms with van der Waals surface area (Å²) in [6, 6.07) is 13.7. The van der Waals surface area contributed by atoms with Crippen LogP contribution in [0.5, 0.6) is 11.5 Å². The van der Waals surface area contributed by atoms with E-state index in [4.69, 9.17) is 33.3 Å². The van der Waals surface area contributed by atoms with Crippen molar-refractivity contribution in [2.24, 2.45) is 0 Å². The minimum absolute atomic E-state index is 0.688. The van der Waals surface area contributed by atoms with Crippen LogP contribution in [-0.4, -0.2) is 37.8 Å². The Morgan fingerprint density at radius 3 is 2.32 bits per heavy atom. The van der Waals surface area contributed by atoms with Gasteiger partial charge in [-0.05, 0) is 54.0 Å². The molecule has 25 heavy (non-hydrogen) atoms. The van der Waals surface area contributed by atoms with Gasteiger partial charge in [-0.2, -0.15) is 0 Å². The zero-order valence-electron chi connectivity index (χ0n) is 14.7. The Kier molecular flexibility index (Phi) is 7.34. The van der Waals surface area contributed by atoms with E-state index in [0.717, 1.165) is 35.1 Å². The van der Waals surface area contributed by atoms with E-state index < -0.39 is 0 Å². The van der Waals surface area contributed by atoms with E-state index in [9.17, 15) is 0 Å². The summed E-state index contributed by atoms with van der Waals surface area (Å²) in [6.45, 7) is 1.46. The van der Waals surface area contributed by atoms with Crippen LogP contribution in [0.25, 0.3) is 0 Å². The third-order valence-corrected chi connectivity index (χ3v) is 4.53. The van der Waals surface area contributed by atoms with Gasteiger partial charge >= 0.3 is 0 Å². The number of methoxy groups -OCH3 is 2. The van der Waals surface area contributed by atoms with Crippen LogP contribution >= 0.6 is 23.8 Å². The topological polar surface area (TPSA) is 33.7 Å². The maximum Gasteiger partial charge on any atom is 0.168 e. The molecule has 0 amide bonds. The van der Waals surface area contributed by atoms with E-state index in [1.807, 2.05) is 54.4 Å². The third-order valence-electron chi connectivity index (χ3n) is 3.82. The highest BCUT2D eigenvalue weighted by atomic mass is 35.5. The molecular formula is C19H23ClN2O2S. The number of benzene rings is 2. The molecule has 134 valence electrons. The van der Waals surface area contributed by atoms with Gasteiger partial charge in [0.2, 0.25) is 0 Å². The minimum atomic E-state index is 0.688. The number of thiocarbonyl (C=S) groups is 1. The molecule has 1 N–H and O–H groups in total. The molecule has 0 aliphatic heterocycles. The lowest BCUT2D eigenvalue weighted by Crippen LogP contribution is -2.37. The standard InChI is InChI=1S/C19H23ClN2O2S/c1-22(13-15-6-9-17(23-2)18(12-15)24-3)19(25)21-11-10-14-4-7-16(20)8-5-14/h4-9,12H,10-11,13H2,1-3H3,(H,21,25). The molecule has 0 atom stereocenters. The second kappa shape index (κ2) is 9.49. The summed E-state index contributed by atoms with van der Waals surface area (Å²) in [5, 5.41) is 4.75. The number of halogens is 1. The predicted molar refractivity (Wildman–Crippen MR) is 107 cm³/mol. The van der Waals surface area contributed by atoms with Gasteiger partial charge < -0.3 is 19.7 Å². The number of hydrogen-bond donors (Lipinski definition) is 1. The van der Waals surface area contributed by atoms with Crippen molar-refractivity contribution in [2.75, 3.05) is 27.8 Å². The first kappa shape index (κ1) is 19.3. The van der Waals surface area contributed by atoms with E-state index in [2.05, 4.69) is 5.32 Å². The largest absolute Gasteiger partial charge is 0.493 e. The number of nitrogens with zero attached hydrogens (tertiary/aromatic N) is 1. The normalized spacial score (nSPS) is 10.2. The van der Waals surface area contributed by atoms with Crippen LogP contribution in [0, 0.1) is 0 Å². The monoisotopic (exact) mass is 378 g/mol. The van der Waals surface area contributed by atoms with Crippen LogP contribution in [0.4, 0.5) is 0 Å². The molecular weight excluding hydrogens is 356 g/mol. The zero-order chi connectivity index (χ0) is 18.2. The first-order chi connectivity index (χ1) is 12.0. The van der Waals surface area contributed by atoms with Crippen LogP contribution in [0.1, 0.15) is 11.1 Å². The molecule has 4 nitrogen and oxygen atoms in total. The molecule has 0 saturated carbocycles. The summed E-state index contributed by atoms with van der Waals surface area (Å²) >= 11 is 11.4. The molecule has 0 spiro atoms. The quantitative estimate of drug-likeness (QED) is 0.739. The molecule has 2 aromatic rings. The number of rotatable bonds is 7. The van der Waals surface area contributed by atoms with Gasteiger partial charge in [-0.3, -0.25) is 0 Å². The van der Waals surface area contributed by atoms with E-state index in [0.29, 0.717) is 11.7 Å². The lowest BCUT2D eigenvalue weighted by atomic mass is 10.1. The van der Waals surface area contributed by atoms with E-state index in [1.165, 1.54) is 5.56 Å². The summed E-state index contributed by atoms with van der Waals surface area (Å²) in [7, 11) is 5.23. The summed E-state index contributed by atoms with van der Waals surface area (Å²) < 4.78 is 10.6. The van der Waals surface area contributed by atoms with E-state index >= 15 is 0 Å². The van der Waals surface area contributed by atoms with Crippen LogP contribution in [0.15, 0.2) is 42.5 Å². The average Bonchev–Trinajstić information content (AvgIpc) is 2.63. The van der Waals surface area contributed by atoms with E-state index in [1.54, 1.807) is 14.2 Å². The van der Waals surface area contributed by atoms with Crippen LogP contribution < -0.4 is 14.8 Å². The maximum atomic E-state index is 5.90. The Bertz CT molecular complexity index is 707. The Morgan fingerprint density at radius 1 is 1.04 bits per heavy atom. The third kappa shape index (κ3) is 5.80. The van der Waals surface area contributed by atoms with Crippen LogP contribution in [0.2, 0.25) is 5.02 Å². The van der Waals surface area contributed by atoms with Crippen molar-refractivity contribution in [3.8, 4) is 11.5 Å². The highest BCUT2D eigenvalue weighted by Gasteiger charge is 2.08. The summed E-state index contributed by atoms with van der Waals surface area (Å²) in [6.07, 6.45) is 0.890. The number of hydrogen-bond acceptors (Lipinski definition) is 3. The van der Waals surface area contributed by atoms with Gasteiger partial charge in [0.15, 0.2) is 16.6 Å². The second-order valence-electron chi connectivity index (χ2n) is 5.65. The first-order valence-corrected chi connectivity index (χ1v) is 8.76. The molecule has 0 aliphatic rings. The fourth-order valence-electron chi connectivity index (χ4n) is 2.42. The van der Waals surface area contributed by atoms with Gasteiger partial charge in [0, 0.05) is 25.2 Å². The molecule has 0 bridgehead atoms. The second-order valence-corrected chi connectivity index (χ2v) is 6.48. The highest BCUT2D eigenvalue weighted by molar-refractivity contribution is 7.80. The van der Waals surface area contributed by atoms with Crippen molar-refractivity contribution < 1.29 is 9.47 Å². The molecule has 0 heterocycles. The molecule has 2 aromatic carbocycles. The Hall–Kier alpha value is -1.98. The first-order valence-electron chi connectivity index (χ1n) is 7.97. The lowest BCUT2D eigenvalue weighted by molar-refractivity contribution is 0.354. The minimum Gasteiger partial charge on any atom is -0.493 e. The number of nitrogens with one attached hydrogen (secondary N) is 1. The van der Waals surface area contributed by atoms with Gasteiger partial charge in [-0.25, -0.2) is 0 Å². The lowest BCUT2D eigenvalue weighted by Gasteiger charge is -2.21. The van der Waals surface area contributed by atoms with Gasteiger partial charge in [0.05, 0.1) is 14.2 Å². The Balaban J connectivity index is 1.84. The summed E-state index contributed by atoms with van der Waals surface area (Å²) in [5.74, 6) is 1.44. The molecule has 0 radical (unpaired) electrons. The van der Waals surface area contributed by atoms with Crippen molar-refractivity contribution >= 4 is 28.9 Å². The summed E-state index contributed by atoms with van der Waals surface area (Å²) in [4.78, 5) is 2.00. The SMILES string of the molecule is COc1ccc(CN(C)C(=S)NCCc2ccc(Cl)cc2)cc1OC. The fourth-order valence-corrected chi connectivity index (χ4v) is 2.72. The molecule has 0 unspecified atom stereocenters. The smallest absolute Gasteiger partial charge is 0.168 e. The summed E-state index contributed by atoms with van der Waals surface area (Å²) in [5.41, 5.74) is 2.32.